The summed E-state index contributed by atoms with van der Waals surface area (Å²) < 4.78 is 24.2. The highest BCUT2D eigenvalue weighted by Gasteiger charge is 2.43. The average molecular weight is 413 g/mol. The molecule has 2 aliphatic rings. The molecular weight excluding hydrogens is 385 g/mol. The number of ether oxygens (including phenoxy) is 2. The third kappa shape index (κ3) is 4.75. The van der Waals surface area contributed by atoms with Crippen LogP contribution in [0.5, 0.6) is 11.5 Å². The third-order valence-electron chi connectivity index (χ3n) is 6.33. The molecule has 1 N–H and O–H groups in total. The summed E-state index contributed by atoms with van der Waals surface area (Å²) in [7, 11) is 1.64. The van der Waals surface area contributed by atoms with Gasteiger partial charge in [-0.1, -0.05) is 12.1 Å². The number of rotatable bonds is 6. The molecule has 1 amide bonds. The molecule has 1 aliphatic heterocycles. The molecule has 0 spiro atoms. The van der Waals surface area contributed by atoms with Crippen LogP contribution in [0, 0.1) is 17.7 Å². The van der Waals surface area contributed by atoms with Crippen LogP contribution in [0.25, 0.3) is 0 Å². The number of methoxy groups -OCH3 is 1. The Hall–Kier alpha value is -2.60. The highest BCUT2D eigenvalue weighted by Crippen LogP contribution is 2.38. The number of hydrogen-bond acceptors (Lipinski definition) is 4. The third-order valence-corrected chi connectivity index (χ3v) is 6.33. The monoisotopic (exact) mass is 413 g/mol. The van der Waals surface area contributed by atoms with Gasteiger partial charge in [-0.2, -0.15) is 0 Å². The molecular formula is C24H28FNO4. The Morgan fingerprint density at radius 2 is 1.67 bits per heavy atom. The standard InChI is InChI=1S/C24H28FNO4/c1-29-20-7-2-16(3-8-20)4-11-24(28)26-14-17-12-22(27)23(13-18(17)15-26)30-21-9-5-19(25)6-10-21/h2-3,5-10,17-18,22-23,27H,4,11-15H2,1H3/t17-,18+,22+,23+/m0/s1. The number of aliphatic hydroxyl groups excluding tert-OH is 1. The fraction of sp³-hybridized carbons (Fsp3) is 0.458. The Morgan fingerprint density at radius 3 is 2.33 bits per heavy atom. The summed E-state index contributed by atoms with van der Waals surface area (Å²) in [6.07, 6.45) is 1.60. The normalized spacial score (nSPS) is 25.6. The van der Waals surface area contributed by atoms with Gasteiger partial charge in [-0.05, 0) is 73.1 Å². The number of carbonyl (C=O) groups excluding carboxylic acids is 1. The maximum Gasteiger partial charge on any atom is 0.222 e. The van der Waals surface area contributed by atoms with Crippen LogP contribution in [0.1, 0.15) is 24.8 Å². The molecule has 0 bridgehead atoms. The van der Waals surface area contributed by atoms with Gasteiger partial charge >= 0.3 is 0 Å². The second-order valence-electron chi connectivity index (χ2n) is 8.32. The first-order valence-corrected chi connectivity index (χ1v) is 10.5. The minimum Gasteiger partial charge on any atom is -0.497 e. The minimum atomic E-state index is -0.578. The van der Waals surface area contributed by atoms with Crippen LogP contribution in [-0.2, 0) is 11.2 Å². The Kier molecular flexibility index (Phi) is 6.23. The smallest absolute Gasteiger partial charge is 0.222 e. The largest absolute Gasteiger partial charge is 0.497 e. The van der Waals surface area contributed by atoms with E-state index >= 15 is 0 Å². The summed E-state index contributed by atoms with van der Waals surface area (Å²) in [6.45, 7) is 1.41. The summed E-state index contributed by atoms with van der Waals surface area (Å²) >= 11 is 0. The van der Waals surface area contributed by atoms with E-state index in [1.165, 1.54) is 12.1 Å². The van der Waals surface area contributed by atoms with Crippen molar-refractivity contribution >= 4 is 5.91 Å². The van der Waals surface area contributed by atoms with Crippen molar-refractivity contribution in [2.24, 2.45) is 11.8 Å². The van der Waals surface area contributed by atoms with Gasteiger partial charge < -0.3 is 19.5 Å². The van der Waals surface area contributed by atoms with Crippen molar-refractivity contribution in [3.8, 4) is 11.5 Å². The lowest BCUT2D eigenvalue weighted by Gasteiger charge is -2.35. The van der Waals surface area contributed by atoms with Gasteiger partial charge in [0.1, 0.15) is 23.4 Å². The van der Waals surface area contributed by atoms with Gasteiger partial charge in [-0.25, -0.2) is 4.39 Å². The quantitative estimate of drug-likeness (QED) is 0.788. The number of likely N-dealkylation sites (tertiary alicyclic amines) is 1. The molecule has 5 nitrogen and oxygen atoms in total. The molecule has 1 saturated carbocycles. The van der Waals surface area contributed by atoms with Crippen molar-refractivity contribution in [1.82, 2.24) is 4.90 Å². The number of benzene rings is 2. The van der Waals surface area contributed by atoms with E-state index in [4.69, 9.17) is 9.47 Å². The number of carbonyl (C=O) groups is 1. The van der Waals surface area contributed by atoms with Crippen LogP contribution >= 0.6 is 0 Å². The van der Waals surface area contributed by atoms with Gasteiger partial charge in [0, 0.05) is 19.5 Å². The zero-order chi connectivity index (χ0) is 21.1. The SMILES string of the molecule is COc1ccc(CCC(=O)N2C[C@H]3C[C@@H](Oc4ccc(F)cc4)[C@H](O)C[C@H]3C2)cc1. The molecule has 0 aromatic heterocycles. The number of aryl methyl sites for hydroxylation is 1. The van der Waals surface area contributed by atoms with Gasteiger partial charge in [-0.15, -0.1) is 0 Å². The van der Waals surface area contributed by atoms with Gasteiger partial charge in [0.2, 0.25) is 5.91 Å². The van der Waals surface area contributed by atoms with E-state index in [2.05, 4.69) is 0 Å². The van der Waals surface area contributed by atoms with E-state index in [1.807, 2.05) is 29.2 Å². The van der Waals surface area contributed by atoms with Crippen molar-refractivity contribution in [3.63, 3.8) is 0 Å². The van der Waals surface area contributed by atoms with E-state index in [-0.39, 0.29) is 17.8 Å². The summed E-state index contributed by atoms with van der Waals surface area (Å²) in [4.78, 5) is 14.7. The Balaban J connectivity index is 1.30. The maximum atomic E-state index is 13.1. The zero-order valence-corrected chi connectivity index (χ0v) is 17.2. The maximum absolute atomic E-state index is 13.1. The molecule has 160 valence electrons. The lowest BCUT2D eigenvalue weighted by Crippen LogP contribution is -2.42. The van der Waals surface area contributed by atoms with Gasteiger partial charge in [0.25, 0.3) is 0 Å². The number of amides is 1. The van der Waals surface area contributed by atoms with Crippen molar-refractivity contribution in [2.45, 2.75) is 37.9 Å². The molecule has 4 atom stereocenters. The van der Waals surface area contributed by atoms with E-state index in [1.54, 1.807) is 19.2 Å². The molecule has 30 heavy (non-hydrogen) atoms. The van der Waals surface area contributed by atoms with Gasteiger partial charge in [0.15, 0.2) is 0 Å². The van der Waals surface area contributed by atoms with Crippen molar-refractivity contribution in [3.05, 3.63) is 59.9 Å². The molecule has 1 aliphatic carbocycles. The van der Waals surface area contributed by atoms with Crippen LogP contribution in [0.15, 0.2) is 48.5 Å². The van der Waals surface area contributed by atoms with Gasteiger partial charge in [0.05, 0.1) is 13.2 Å². The van der Waals surface area contributed by atoms with Crippen LogP contribution in [0.3, 0.4) is 0 Å². The summed E-state index contributed by atoms with van der Waals surface area (Å²) in [6, 6.07) is 13.7. The summed E-state index contributed by atoms with van der Waals surface area (Å²) in [5.41, 5.74) is 1.11. The molecule has 0 radical (unpaired) electrons. The number of halogens is 1. The van der Waals surface area contributed by atoms with Crippen molar-refractivity contribution < 1.29 is 23.8 Å². The molecule has 1 heterocycles. The van der Waals surface area contributed by atoms with E-state index in [0.29, 0.717) is 56.4 Å². The lowest BCUT2D eigenvalue weighted by atomic mass is 9.78. The Labute approximate surface area is 176 Å². The van der Waals surface area contributed by atoms with E-state index in [9.17, 15) is 14.3 Å². The second kappa shape index (κ2) is 9.04. The highest BCUT2D eigenvalue weighted by atomic mass is 19.1. The van der Waals surface area contributed by atoms with E-state index in [0.717, 1.165) is 11.3 Å². The second-order valence-corrected chi connectivity index (χ2v) is 8.32. The number of nitrogens with zero attached hydrogens (tertiary/aromatic N) is 1. The van der Waals surface area contributed by atoms with Gasteiger partial charge in [-0.3, -0.25) is 4.79 Å². The van der Waals surface area contributed by atoms with Crippen LogP contribution in [0.4, 0.5) is 4.39 Å². The average Bonchev–Trinajstić information content (AvgIpc) is 3.17. The molecule has 2 aromatic carbocycles. The van der Waals surface area contributed by atoms with Crippen LogP contribution in [0.2, 0.25) is 0 Å². The number of aliphatic hydroxyl groups is 1. The van der Waals surface area contributed by atoms with Crippen molar-refractivity contribution in [1.29, 1.82) is 0 Å². The fourth-order valence-electron chi connectivity index (χ4n) is 4.61. The summed E-state index contributed by atoms with van der Waals surface area (Å²) in [5.74, 6) is 1.84. The van der Waals surface area contributed by atoms with Crippen LogP contribution < -0.4 is 9.47 Å². The molecule has 0 unspecified atom stereocenters. The molecule has 2 fully saturated rings. The predicted molar refractivity (Wildman–Crippen MR) is 111 cm³/mol. The Morgan fingerprint density at radius 1 is 1.03 bits per heavy atom. The van der Waals surface area contributed by atoms with Crippen molar-refractivity contribution in [2.75, 3.05) is 20.2 Å². The first-order chi connectivity index (χ1) is 14.5. The predicted octanol–water partition coefficient (Wildman–Crippen LogP) is 3.44. The van der Waals surface area contributed by atoms with Crippen LogP contribution in [-0.4, -0.2) is 48.3 Å². The topological polar surface area (TPSA) is 59.0 Å². The zero-order valence-electron chi connectivity index (χ0n) is 17.2. The first-order valence-electron chi connectivity index (χ1n) is 10.5. The first kappa shape index (κ1) is 20.7. The molecule has 4 rings (SSSR count). The summed E-state index contributed by atoms with van der Waals surface area (Å²) in [5, 5.41) is 10.5. The molecule has 6 heteroatoms. The molecule has 1 saturated heterocycles. The fourth-order valence-corrected chi connectivity index (χ4v) is 4.61. The number of hydrogen-bond donors (Lipinski definition) is 1. The minimum absolute atomic E-state index is 0.158. The van der Waals surface area contributed by atoms with E-state index < -0.39 is 6.10 Å². The highest BCUT2D eigenvalue weighted by molar-refractivity contribution is 5.76. The lowest BCUT2D eigenvalue weighted by molar-refractivity contribution is -0.130. The number of fused-ring (bicyclic) bond motifs is 1. The molecule has 2 aromatic rings. The Bertz CT molecular complexity index is 855.